The van der Waals surface area contributed by atoms with Crippen LogP contribution in [0.5, 0.6) is 0 Å². The zero-order valence-corrected chi connectivity index (χ0v) is 20.1. The predicted octanol–water partition coefficient (Wildman–Crippen LogP) is 5.57. The first kappa shape index (κ1) is 23.4. The zero-order valence-electron chi connectivity index (χ0n) is 19.3. The number of furan rings is 1. The Bertz CT molecular complexity index is 1250. The molecule has 1 aliphatic carbocycles. The number of fused-ring (bicyclic) bond motifs is 1. The highest BCUT2D eigenvalue weighted by Gasteiger charge is 2.36. The van der Waals surface area contributed by atoms with E-state index >= 15 is 0 Å². The Morgan fingerprint density at radius 1 is 1.09 bits per heavy atom. The summed E-state index contributed by atoms with van der Waals surface area (Å²) < 4.78 is 6.00. The summed E-state index contributed by atoms with van der Waals surface area (Å²) in [6, 6.07) is 10.3. The molecular weight excluding hydrogens is 468 g/mol. The highest BCUT2D eigenvalue weighted by atomic mass is 35.5. The number of hydrogen-bond acceptors (Lipinski definition) is 5. The molecule has 0 radical (unpaired) electrons. The Morgan fingerprint density at radius 3 is 2.66 bits per heavy atom. The Hall–Kier alpha value is -3.39. The Kier molecular flexibility index (Phi) is 6.72. The van der Waals surface area contributed by atoms with Crippen molar-refractivity contribution in [3.63, 3.8) is 0 Å². The number of para-hydroxylation sites is 1. The van der Waals surface area contributed by atoms with Crippen molar-refractivity contribution in [2.24, 2.45) is 5.92 Å². The second-order valence-corrected chi connectivity index (χ2v) is 9.52. The van der Waals surface area contributed by atoms with E-state index in [1.54, 1.807) is 29.3 Å². The van der Waals surface area contributed by atoms with E-state index in [-0.39, 0.29) is 23.5 Å². The fourth-order valence-electron chi connectivity index (χ4n) is 4.85. The van der Waals surface area contributed by atoms with Gasteiger partial charge in [-0.1, -0.05) is 43.0 Å². The second-order valence-electron chi connectivity index (χ2n) is 9.08. The number of hydrazine groups is 1. The number of pyridine rings is 1. The van der Waals surface area contributed by atoms with Gasteiger partial charge in [-0.05, 0) is 49.9 Å². The molecule has 3 heterocycles. The van der Waals surface area contributed by atoms with Crippen molar-refractivity contribution in [2.45, 2.75) is 51.4 Å². The number of carbonyl (C=O) groups excluding carboxylic acids is 3. The van der Waals surface area contributed by atoms with Gasteiger partial charge in [0.2, 0.25) is 11.8 Å². The van der Waals surface area contributed by atoms with Gasteiger partial charge in [0.15, 0.2) is 11.3 Å². The number of amides is 3. The lowest BCUT2D eigenvalue weighted by Crippen LogP contribution is -2.54. The highest BCUT2D eigenvalue weighted by Crippen LogP contribution is 2.35. The van der Waals surface area contributed by atoms with Crippen LogP contribution in [-0.2, 0) is 9.59 Å². The standard InChI is InChI=1S/C26H27ClN4O4/c27-19-12-13-22(28-16-19)29-25(33)21-15-18-9-6-10-20(24(18)35-21)31(30-14-5-4-11-23(30)32)26(34)17-7-2-1-3-8-17/h6,9-10,12-13,15-17H,1-5,7-8,11,14H2,(H,28,29,33). The van der Waals surface area contributed by atoms with Crippen LogP contribution in [0.3, 0.4) is 0 Å². The third-order valence-corrected chi connectivity index (χ3v) is 6.87. The number of anilines is 2. The van der Waals surface area contributed by atoms with Crippen LogP contribution in [0, 0.1) is 5.92 Å². The van der Waals surface area contributed by atoms with E-state index in [9.17, 15) is 14.4 Å². The minimum absolute atomic E-state index is 0.0734. The minimum Gasteiger partial charge on any atom is -0.449 e. The van der Waals surface area contributed by atoms with Gasteiger partial charge in [-0.2, -0.15) is 0 Å². The average molecular weight is 495 g/mol. The lowest BCUT2D eigenvalue weighted by atomic mass is 9.88. The van der Waals surface area contributed by atoms with Crippen molar-refractivity contribution in [1.29, 1.82) is 0 Å². The smallest absolute Gasteiger partial charge is 0.292 e. The molecule has 35 heavy (non-hydrogen) atoms. The number of piperidine rings is 1. The molecule has 9 heteroatoms. The van der Waals surface area contributed by atoms with Gasteiger partial charge in [0.05, 0.1) is 5.02 Å². The normalized spacial score (nSPS) is 16.9. The highest BCUT2D eigenvalue weighted by molar-refractivity contribution is 6.30. The fourth-order valence-corrected chi connectivity index (χ4v) is 4.96. The molecule has 3 amide bonds. The molecule has 1 N–H and O–H groups in total. The van der Waals surface area contributed by atoms with Gasteiger partial charge in [0.1, 0.15) is 11.5 Å². The van der Waals surface area contributed by atoms with Crippen LogP contribution in [0.15, 0.2) is 47.0 Å². The van der Waals surface area contributed by atoms with Gasteiger partial charge in [0, 0.05) is 30.5 Å². The number of carbonyl (C=O) groups is 3. The topological polar surface area (TPSA) is 95.8 Å². The molecule has 0 atom stereocenters. The van der Waals surface area contributed by atoms with Gasteiger partial charge >= 0.3 is 0 Å². The van der Waals surface area contributed by atoms with E-state index in [2.05, 4.69) is 10.3 Å². The number of rotatable bonds is 5. The molecule has 0 bridgehead atoms. The van der Waals surface area contributed by atoms with E-state index in [0.29, 0.717) is 40.5 Å². The van der Waals surface area contributed by atoms with Crippen LogP contribution >= 0.6 is 11.6 Å². The summed E-state index contributed by atoms with van der Waals surface area (Å²) in [6.07, 6.45) is 8.26. The van der Waals surface area contributed by atoms with E-state index in [0.717, 1.165) is 44.9 Å². The van der Waals surface area contributed by atoms with E-state index in [1.165, 1.54) is 11.2 Å². The maximum atomic E-state index is 13.8. The van der Waals surface area contributed by atoms with Crippen LogP contribution in [-0.4, -0.2) is 34.3 Å². The summed E-state index contributed by atoms with van der Waals surface area (Å²) in [4.78, 5) is 43.6. The SMILES string of the molecule is O=C(Nc1ccc(Cl)cn1)c1cc2cccc(N(C(=O)C3CCCCC3)N3CCCCC3=O)c2o1. The Balaban J connectivity index is 1.51. The third-order valence-electron chi connectivity index (χ3n) is 6.65. The van der Waals surface area contributed by atoms with Crippen molar-refractivity contribution in [2.75, 3.05) is 16.9 Å². The number of benzene rings is 1. The molecule has 1 aromatic carbocycles. The fraction of sp³-hybridized carbons (Fsp3) is 0.385. The van der Waals surface area contributed by atoms with E-state index < -0.39 is 5.91 Å². The van der Waals surface area contributed by atoms with Crippen LogP contribution in [0.1, 0.15) is 61.9 Å². The molecule has 0 spiro atoms. The number of aromatic nitrogens is 1. The number of halogens is 1. The van der Waals surface area contributed by atoms with Crippen LogP contribution in [0.25, 0.3) is 11.0 Å². The van der Waals surface area contributed by atoms with Gasteiger partial charge in [0.25, 0.3) is 5.91 Å². The number of nitrogens with zero attached hydrogens (tertiary/aromatic N) is 3. The van der Waals surface area contributed by atoms with Crippen molar-refractivity contribution >= 4 is 51.8 Å². The molecule has 1 saturated carbocycles. The van der Waals surface area contributed by atoms with Crippen LogP contribution in [0.2, 0.25) is 5.02 Å². The Morgan fingerprint density at radius 2 is 1.91 bits per heavy atom. The zero-order chi connectivity index (χ0) is 24.4. The van der Waals surface area contributed by atoms with Gasteiger partial charge in [-0.3, -0.25) is 14.4 Å². The molecule has 2 aromatic heterocycles. The lowest BCUT2D eigenvalue weighted by molar-refractivity contribution is -0.140. The van der Waals surface area contributed by atoms with Crippen molar-refractivity contribution < 1.29 is 18.8 Å². The second kappa shape index (κ2) is 10.1. The van der Waals surface area contributed by atoms with E-state index in [1.807, 2.05) is 12.1 Å². The summed E-state index contributed by atoms with van der Waals surface area (Å²) in [5, 5.41) is 6.91. The van der Waals surface area contributed by atoms with Crippen LogP contribution in [0.4, 0.5) is 11.5 Å². The molecule has 2 aliphatic rings. The monoisotopic (exact) mass is 494 g/mol. The molecule has 3 aromatic rings. The van der Waals surface area contributed by atoms with Gasteiger partial charge in [-0.15, -0.1) is 0 Å². The van der Waals surface area contributed by atoms with Crippen molar-refractivity contribution in [3.05, 3.63) is 53.4 Å². The molecule has 1 aliphatic heterocycles. The average Bonchev–Trinajstić information content (AvgIpc) is 3.33. The molecule has 2 fully saturated rings. The molecule has 182 valence electrons. The summed E-state index contributed by atoms with van der Waals surface area (Å²) in [5.74, 6) is -0.341. The van der Waals surface area contributed by atoms with Gasteiger partial charge in [-0.25, -0.2) is 15.0 Å². The third kappa shape index (κ3) is 4.89. The molecule has 5 rings (SSSR count). The summed E-state index contributed by atoms with van der Waals surface area (Å²) in [7, 11) is 0. The number of nitrogens with one attached hydrogen (secondary N) is 1. The summed E-state index contributed by atoms with van der Waals surface area (Å²) in [6.45, 7) is 0.476. The van der Waals surface area contributed by atoms with Crippen molar-refractivity contribution in [1.82, 2.24) is 9.99 Å². The van der Waals surface area contributed by atoms with Gasteiger partial charge < -0.3 is 9.73 Å². The minimum atomic E-state index is -0.471. The molecular formula is C26H27ClN4O4. The first-order chi connectivity index (χ1) is 17.0. The quantitative estimate of drug-likeness (QED) is 0.500. The first-order valence-electron chi connectivity index (χ1n) is 12.1. The lowest BCUT2D eigenvalue weighted by Gasteiger charge is -2.39. The van der Waals surface area contributed by atoms with Crippen LogP contribution < -0.4 is 10.3 Å². The first-order valence-corrected chi connectivity index (χ1v) is 12.5. The predicted molar refractivity (Wildman–Crippen MR) is 133 cm³/mol. The molecule has 1 saturated heterocycles. The number of hydrogen-bond donors (Lipinski definition) is 1. The van der Waals surface area contributed by atoms with Crippen molar-refractivity contribution in [3.8, 4) is 0 Å². The summed E-state index contributed by atoms with van der Waals surface area (Å²) in [5.41, 5.74) is 0.876. The maximum Gasteiger partial charge on any atom is 0.292 e. The molecule has 8 nitrogen and oxygen atoms in total. The largest absolute Gasteiger partial charge is 0.449 e. The molecule has 0 unspecified atom stereocenters. The maximum absolute atomic E-state index is 13.8. The summed E-state index contributed by atoms with van der Waals surface area (Å²) >= 11 is 5.87. The Labute approximate surface area is 208 Å². The van der Waals surface area contributed by atoms with E-state index in [4.69, 9.17) is 16.0 Å².